The van der Waals surface area contributed by atoms with Crippen molar-refractivity contribution in [2.24, 2.45) is 11.7 Å². The van der Waals surface area contributed by atoms with Gasteiger partial charge < -0.3 is 16.4 Å². The molecule has 1 aromatic carbocycles. The molecule has 0 radical (unpaired) electrons. The van der Waals surface area contributed by atoms with E-state index in [9.17, 15) is 9.59 Å². The summed E-state index contributed by atoms with van der Waals surface area (Å²) in [7, 11) is 0. The van der Waals surface area contributed by atoms with Crippen molar-refractivity contribution in [3.8, 4) is 0 Å². The standard InChI is InChI=1S/C15H23N3O2/c1-5-9(2)14(16)15(20)18-12-6-7-13(10(3)8-12)17-11(4)19/h6-9,14H,5,16H2,1-4H3,(H,17,19)(H,18,20). The van der Waals surface area contributed by atoms with Crippen LogP contribution < -0.4 is 16.4 Å². The van der Waals surface area contributed by atoms with Gasteiger partial charge in [0.25, 0.3) is 0 Å². The minimum atomic E-state index is -0.518. The number of carbonyl (C=O) groups excluding carboxylic acids is 2. The van der Waals surface area contributed by atoms with Crippen LogP contribution in [0.1, 0.15) is 32.8 Å². The molecular formula is C15H23N3O2. The second-order valence-corrected chi connectivity index (χ2v) is 5.11. The van der Waals surface area contributed by atoms with Crippen LogP contribution in [0.3, 0.4) is 0 Å². The van der Waals surface area contributed by atoms with Crippen LogP contribution in [0, 0.1) is 12.8 Å². The van der Waals surface area contributed by atoms with Crippen LogP contribution in [-0.2, 0) is 9.59 Å². The molecule has 0 spiro atoms. The normalized spacial score (nSPS) is 13.4. The van der Waals surface area contributed by atoms with Crippen LogP contribution >= 0.6 is 0 Å². The lowest BCUT2D eigenvalue weighted by Gasteiger charge is -2.18. The first-order valence-electron chi connectivity index (χ1n) is 6.79. The van der Waals surface area contributed by atoms with E-state index in [0.717, 1.165) is 17.7 Å². The summed E-state index contributed by atoms with van der Waals surface area (Å²) >= 11 is 0. The predicted molar refractivity (Wildman–Crippen MR) is 81.5 cm³/mol. The van der Waals surface area contributed by atoms with Gasteiger partial charge in [-0.2, -0.15) is 0 Å². The third-order valence-electron chi connectivity index (χ3n) is 3.36. The van der Waals surface area contributed by atoms with Gasteiger partial charge in [0.1, 0.15) is 0 Å². The van der Waals surface area contributed by atoms with E-state index >= 15 is 0 Å². The van der Waals surface area contributed by atoms with Crippen molar-refractivity contribution in [2.45, 2.75) is 40.2 Å². The summed E-state index contributed by atoms with van der Waals surface area (Å²) in [6.07, 6.45) is 0.856. The Balaban J connectivity index is 2.76. The summed E-state index contributed by atoms with van der Waals surface area (Å²) in [6.45, 7) is 7.29. The molecule has 5 heteroatoms. The third-order valence-corrected chi connectivity index (χ3v) is 3.36. The largest absolute Gasteiger partial charge is 0.326 e. The molecule has 0 aliphatic heterocycles. The Morgan fingerprint density at radius 3 is 2.45 bits per heavy atom. The number of carbonyl (C=O) groups is 2. The third kappa shape index (κ3) is 4.35. The zero-order valence-corrected chi connectivity index (χ0v) is 12.5. The Bertz CT molecular complexity index is 500. The Labute approximate surface area is 119 Å². The minimum absolute atomic E-state index is 0.122. The van der Waals surface area contributed by atoms with Gasteiger partial charge in [0.2, 0.25) is 11.8 Å². The molecule has 0 aliphatic rings. The molecule has 4 N–H and O–H groups in total. The zero-order valence-electron chi connectivity index (χ0n) is 12.5. The van der Waals surface area contributed by atoms with Crippen LogP contribution in [0.2, 0.25) is 0 Å². The number of hydrogen-bond acceptors (Lipinski definition) is 3. The van der Waals surface area contributed by atoms with Crippen LogP contribution in [0.5, 0.6) is 0 Å². The van der Waals surface area contributed by atoms with Gasteiger partial charge in [0.05, 0.1) is 6.04 Å². The minimum Gasteiger partial charge on any atom is -0.326 e. The molecule has 0 heterocycles. The van der Waals surface area contributed by atoms with E-state index < -0.39 is 6.04 Å². The number of hydrogen-bond donors (Lipinski definition) is 3. The second-order valence-electron chi connectivity index (χ2n) is 5.11. The van der Waals surface area contributed by atoms with Gasteiger partial charge in [-0.25, -0.2) is 0 Å². The maximum absolute atomic E-state index is 12.0. The first kappa shape index (κ1) is 16.2. The number of nitrogens with two attached hydrogens (primary N) is 1. The summed E-state index contributed by atoms with van der Waals surface area (Å²) in [5.41, 5.74) is 8.19. The number of anilines is 2. The van der Waals surface area contributed by atoms with Gasteiger partial charge in [0.15, 0.2) is 0 Å². The van der Waals surface area contributed by atoms with E-state index in [-0.39, 0.29) is 17.7 Å². The molecule has 0 aromatic heterocycles. The lowest BCUT2D eigenvalue weighted by molar-refractivity contribution is -0.118. The van der Waals surface area contributed by atoms with Crippen molar-refractivity contribution in [1.82, 2.24) is 0 Å². The fourth-order valence-electron chi connectivity index (χ4n) is 1.81. The number of nitrogens with one attached hydrogen (secondary N) is 2. The molecule has 0 saturated heterocycles. The van der Waals surface area contributed by atoms with E-state index in [1.165, 1.54) is 6.92 Å². The van der Waals surface area contributed by atoms with E-state index in [2.05, 4.69) is 10.6 Å². The topological polar surface area (TPSA) is 84.2 Å². The lowest BCUT2D eigenvalue weighted by Crippen LogP contribution is -2.40. The van der Waals surface area contributed by atoms with Crippen molar-refractivity contribution in [3.63, 3.8) is 0 Å². The van der Waals surface area contributed by atoms with Crippen molar-refractivity contribution >= 4 is 23.2 Å². The summed E-state index contributed by atoms with van der Waals surface area (Å²) in [5.74, 6) is -0.176. The van der Waals surface area contributed by atoms with Crippen molar-refractivity contribution in [3.05, 3.63) is 23.8 Å². The molecule has 5 nitrogen and oxygen atoms in total. The highest BCUT2D eigenvalue weighted by molar-refractivity contribution is 5.95. The summed E-state index contributed by atoms with van der Waals surface area (Å²) in [6, 6.07) is 4.81. The van der Waals surface area contributed by atoms with Gasteiger partial charge in [0, 0.05) is 18.3 Å². The molecule has 1 rings (SSSR count). The van der Waals surface area contributed by atoms with Crippen molar-refractivity contribution in [2.75, 3.05) is 10.6 Å². The van der Waals surface area contributed by atoms with Crippen LogP contribution in [0.15, 0.2) is 18.2 Å². The Morgan fingerprint density at radius 1 is 1.30 bits per heavy atom. The number of aryl methyl sites for hydroxylation is 1. The van der Waals surface area contributed by atoms with E-state index in [4.69, 9.17) is 5.73 Å². The quantitative estimate of drug-likeness (QED) is 0.772. The summed E-state index contributed by atoms with van der Waals surface area (Å²) in [4.78, 5) is 23.0. The number of benzene rings is 1. The smallest absolute Gasteiger partial charge is 0.241 e. The Morgan fingerprint density at radius 2 is 1.95 bits per heavy atom. The average molecular weight is 277 g/mol. The van der Waals surface area contributed by atoms with Gasteiger partial charge in [-0.1, -0.05) is 20.3 Å². The first-order valence-corrected chi connectivity index (χ1v) is 6.79. The average Bonchev–Trinajstić information content (AvgIpc) is 2.39. The maximum atomic E-state index is 12.0. The van der Waals surface area contributed by atoms with Gasteiger partial charge in [-0.05, 0) is 36.6 Å². The molecule has 0 fully saturated rings. The van der Waals surface area contributed by atoms with Crippen LogP contribution in [0.25, 0.3) is 0 Å². The number of amides is 2. The molecule has 2 amide bonds. The number of rotatable bonds is 5. The lowest BCUT2D eigenvalue weighted by atomic mass is 9.99. The molecule has 2 unspecified atom stereocenters. The molecular weight excluding hydrogens is 254 g/mol. The summed E-state index contributed by atoms with van der Waals surface area (Å²) in [5, 5.41) is 5.53. The molecule has 1 aromatic rings. The summed E-state index contributed by atoms with van der Waals surface area (Å²) < 4.78 is 0. The van der Waals surface area contributed by atoms with Gasteiger partial charge in [-0.3, -0.25) is 9.59 Å². The predicted octanol–water partition coefficient (Wildman–Crippen LogP) is 2.27. The van der Waals surface area contributed by atoms with Crippen molar-refractivity contribution in [1.29, 1.82) is 0 Å². The SMILES string of the molecule is CCC(C)C(N)C(=O)Nc1ccc(NC(C)=O)c(C)c1. The van der Waals surface area contributed by atoms with Crippen LogP contribution in [0.4, 0.5) is 11.4 Å². The first-order chi connectivity index (χ1) is 9.35. The fourth-order valence-corrected chi connectivity index (χ4v) is 1.81. The molecule has 20 heavy (non-hydrogen) atoms. The second kappa shape index (κ2) is 7.05. The molecule has 110 valence electrons. The monoisotopic (exact) mass is 277 g/mol. The highest BCUT2D eigenvalue weighted by Gasteiger charge is 2.19. The molecule has 2 atom stereocenters. The Hall–Kier alpha value is -1.88. The molecule has 0 saturated carbocycles. The highest BCUT2D eigenvalue weighted by Crippen LogP contribution is 2.20. The fraction of sp³-hybridized carbons (Fsp3) is 0.467. The molecule has 0 aliphatic carbocycles. The van der Waals surface area contributed by atoms with Gasteiger partial charge >= 0.3 is 0 Å². The molecule has 0 bridgehead atoms. The van der Waals surface area contributed by atoms with Crippen LogP contribution in [-0.4, -0.2) is 17.9 Å². The van der Waals surface area contributed by atoms with E-state index in [0.29, 0.717) is 5.69 Å². The van der Waals surface area contributed by atoms with Gasteiger partial charge in [-0.15, -0.1) is 0 Å². The zero-order chi connectivity index (χ0) is 15.3. The Kier molecular flexibility index (Phi) is 5.70. The maximum Gasteiger partial charge on any atom is 0.241 e. The van der Waals surface area contributed by atoms with E-state index in [1.807, 2.05) is 26.8 Å². The van der Waals surface area contributed by atoms with E-state index in [1.54, 1.807) is 12.1 Å². The van der Waals surface area contributed by atoms with Crippen molar-refractivity contribution < 1.29 is 9.59 Å². The highest BCUT2D eigenvalue weighted by atomic mass is 16.2.